The van der Waals surface area contributed by atoms with E-state index in [1.807, 2.05) is 38.1 Å². The fourth-order valence-corrected chi connectivity index (χ4v) is 2.86. The highest BCUT2D eigenvalue weighted by Gasteiger charge is 2.16. The van der Waals surface area contributed by atoms with Crippen molar-refractivity contribution >= 4 is 23.4 Å². The molecule has 2 N–H and O–H groups in total. The van der Waals surface area contributed by atoms with Gasteiger partial charge in [0.25, 0.3) is 5.56 Å². The fraction of sp³-hybridized carbons (Fsp3) is 0.353. The maximum atomic E-state index is 12.2. The summed E-state index contributed by atoms with van der Waals surface area (Å²) in [5, 5.41) is 2.98. The van der Waals surface area contributed by atoms with Gasteiger partial charge < -0.3 is 10.3 Å². The summed E-state index contributed by atoms with van der Waals surface area (Å²) in [6.45, 7) is 5.82. The maximum Gasteiger partial charge on any atom is 0.251 e. The van der Waals surface area contributed by atoms with Gasteiger partial charge in [-0.25, -0.2) is 4.98 Å². The van der Waals surface area contributed by atoms with Crippen LogP contribution < -0.4 is 10.9 Å². The number of carbonyl (C=O) groups is 1. The number of benzene rings is 1. The van der Waals surface area contributed by atoms with Gasteiger partial charge in [-0.05, 0) is 32.4 Å². The van der Waals surface area contributed by atoms with E-state index in [0.717, 1.165) is 29.8 Å². The van der Waals surface area contributed by atoms with Gasteiger partial charge in [0.15, 0.2) is 5.16 Å². The quantitative estimate of drug-likeness (QED) is 0.630. The number of rotatable bonds is 6. The highest BCUT2D eigenvalue weighted by Crippen LogP contribution is 2.20. The summed E-state index contributed by atoms with van der Waals surface area (Å²) in [5.41, 5.74) is 2.47. The molecule has 0 fully saturated rings. The van der Waals surface area contributed by atoms with Gasteiger partial charge >= 0.3 is 0 Å². The first-order chi connectivity index (χ1) is 11.0. The van der Waals surface area contributed by atoms with Crippen molar-refractivity contribution in [2.75, 3.05) is 5.32 Å². The molecule has 6 heteroatoms. The molecule has 122 valence electrons. The summed E-state index contributed by atoms with van der Waals surface area (Å²) >= 11 is 1.25. The normalized spacial score (nSPS) is 12.0. The Balaban J connectivity index is 2.03. The number of nitrogens with one attached hydrogen (secondary N) is 2. The maximum absolute atomic E-state index is 12.2. The first kappa shape index (κ1) is 17.3. The van der Waals surface area contributed by atoms with E-state index in [9.17, 15) is 9.59 Å². The Labute approximate surface area is 139 Å². The Morgan fingerprint density at radius 3 is 2.70 bits per heavy atom. The van der Waals surface area contributed by atoms with Gasteiger partial charge in [0.2, 0.25) is 5.91 Å². The van der Waals surface area contributed by atoms with Crippen LogP contribution in [0.15, 0.2) is 40.3 Å². The molecule has 1 atom stereocenters. The summed E-state index contributed by atoms with van der Waals surface area (Å²) in [4.78, 5) is 31.0. The number of hydrogen-bond acceptors (Lipinski definition) is 4. The Hall–Kier alpha value is -2.08. The van der Waals surface area contributed by atoms with Gasteiger partial charge in [-0.3, -0.25) is 9.59 Å². The first-order valence-electron chi connectivity index (χ1n) is 7.62. The van der Waals surface area contributed by atoms with Crippen LogP contribution in [0.3, 0.4) is 0 Å². The summed E-state index contributed by atoms with van der Waals surface area (Å²) in [5.74, 6) is -0.123. The third-order valence-electron chi connectivity index (χ3n) is 3.26. The molecule has 0 aliphatic heterocycles. The van der Waals surface area contributed by atoms with Crippen molar-refractivity contribution in [3.63, 3.8) is 0 Å². The third-order valence-corrected chi connectivity index (χ3v) is 4.24. The number of aromatic nitrogens is 2. The zero-order valence-electron chi connectivity index (χ0n) is 13.6. The Morgan fingerprint density at radius 1 is 1.35 bits per heavy atom. The highest BCUT2D eigenvalue weighted by atomic mass is 32.2. The summed E-state index contributed by atoms with van der Waals surface area (Å²) in [6, 6.07) is 9.13. The zero-order valence-corrected chi connectivity index (χ0v) is 14.4. The predicted molar refractivity (Wildman–Crippen MR) is 94.0 cm³/mol. The average Bonchev–Trinajstić information content (AvgIpc) is 2.49. The average molecular weight is 331 g/mol. The second-order valence-corrected chi connectivity index (χ2v) is 6.74. The summed E-state index contributed by atoms with van der Waals surface area (Å²) in [7, 11) is 0. The van der Waals surface area contributed by atoms with Crippen molar-refractivity contribution in [3.8, 4) is 0 Å². The van der Waals surface area contributed by atoms with Gasteiger partial charge in [-0.15, -0.1) is 0 Å². The number of aromatic amines is 1. The molecule has 0 bridgehead atoms. The molecule has 1 amide bonds. The van der Waals surface area contributed by atoms with Crippen molar-refractivity contribution in [3.05, 3.63) is 51.9 Å². The van der Waals surface area contributed by atoms with Gasteiger partial charge in [-0.1, -0.05) is 42.8 Å². The number of hydrogen-bond donors (Lipinski definition) is 2. The molecule has 0 aliphatic carbocycles. The molecule has 1 heterocycles. The number of nitrogens with zero attached hydrogens (tertiary/aromatic N) is 1. The van der Waals surface area contributed by atoms with Crippen molar-refractivity contribution in [1.29, 1.82) is 0 Å². The lowest BCUT2D eigenvalue weighted by atomic mass is 10.2. The van der Waals surface area contributed by atoms with E-state index < -0.39 is 0 Å². The molecule has 5 nitrogen and oxygen atoms in total. The van der Waals surface area contributed by atoms with Crippen molar-refractivity contribution in [1.82, 2.24) is 9.97 Å². The van der Waals surface area contributed by atoms with Crippen LogP contribution in [0.5, 0.6) is 0 Å². The molecular weight excluding hydrogens is 310 g/mol. The number of anilines is 1. The largest absolute Gasteiger partial charge is 0.325 e. The van der Waals surface area contributed by atoms with E-state index >= 15 is 0 Å². The molecule has 0 unspecified atom stereocenters. The SMILES string of the molecule is CCCc1cc(=O)[nH]c(S[C@H](C)C(=O)Nc2ccc(C)cc2)n1. The van der Waals surface area contributed by atoms with Crippen molar-refractivity contribution in [2.45, 2.75) is 44.0 Å². The number of H-pyrrole nitrogens is 1. The van der Waals surface area contributed by atoms with Crippen LogP contribution in [0.25, 0.3) is 0 Å². The minimum atomic E-state index is -0.365. The molecule has 2 rings (SSSR count). The number of aryl methyl sites for hydroxylation is 2. The lowest BCUT2D eigenvalue weighted by molar-refractivity contribution is -0.115. The predicted octanol–water partition coefficient (Wildman–Crippen LogP) is 3.15. The van der Waals surface area contributed by atoms with E-state index in [2.05, 4.69) is 15.3 Å². The topological polar surface area (TPSA) is 74.8 Å². The standard InChI is InChI=1S/C17H21N3O2S/c1-4-5-14-10-15(21)20-17(19-14)23-12(3)16(22)18-13-8-6-11(2)7-9-13/h6-10,12H,4-5H2,1-3H3,(H,18,22)(H,19,20,21)/t12-/m1/s1. The second-order valence-electron chi connectivity index (χ2n) is 5.41. The number of carbonyl (C=O) groups excluding carboxylic acids is 1. The second kappa shape index (κ2) is 7.97. The molecule has 23 heavy (non-hydrogen) atoms. The van der Waals surface area contributed by atoms with Crippen LogP contribution in [-0.2, 0) is 11.2 Å². The highest BCUT2D eigenvalue weighted by molar-refractivity contribution is 8.00. The number of amides is 1. The fourth-order valence-electron chi connectivity index (χ4n) is 2.03. The van der Waals surface area contributed by atoms with E-state index in [1.54, 1.807) is 6.92 Å². The molecule has 0 saturated carbocycles. The van der Waals surface area contributed by atoms with Gasteiger partial charge in [0.1, 0.15) is 0 Å². The van der Waals surface area contributed by atoms with Crippen molar-refractivity contribution in [2.24, 2.45) is 0 Å². The smallest absolute Gasteiger partial charge is 0.251 e. The monoisotopic (exact) mass is 331 g/mol. The van der Waals surface area contributed by atoms with Crippen molar-refractivity contribution < 1.29 is 4.79 Å². The van der Waals surface area contributed by atoms with Crippen LogP contribution in [0.4, 0.5) is 5.69 Å². The minimum Gasteiger partial charge on any atom is -0.325 e. The van der Waals surface area contributed by atoms with Crippen LogP contribution in [0, 0.1) is 6.92 Å². The van der Waals surface area contributed by atoms with Crippen LogP contribution in [0.1, 0.15) is 31.5 Å². The van der Waals surface area contributed by atoms with Crippen LogP contribution in [0.2, 0.25) is 0 Å². The molecule has 0 spiro atoms. The summed E-state index contributed by atoms with van der Waals surface area (Å²) < 4.78 is 0. The Bertz CT molecular complexity index is 725. The van der Waals surface area contributed by atoms with E-state index in [1.165, 1.54) is 17.8 Å². The van der Waals surface area contributed by atoms with E-state index in [4.69, 9.17) is 0 Å². The molecule has 0 saturated heterocycles. The summed E-state index contributed by atoms with van der Waals surface area (Å²) in [6.07, 6.45) is 1.67. The molecule has 2 aromatic rings. The van der Waals surface area contributed by atoms with Gasteiger partial charge in [0.05, 0.1) is 5.25 Å². The minimum absolute atomic E-state index is 0.123. The number of thioether (sulfide) groups is 1. The molecule has 0 aliphatic rings. The molecule has 1 aromatic carbocycles. The third kappa shape index (κ3) is 5.25. The van der Waals surface area contributed by atoms with E-state index in [0.29, 0.717) is 5.16 Å². The lowest BCUT2D eigenvalue weighted by Crippen LogP contribution is -2.23. The van der Waals surface area contributed by atoms with E-state index in [-0.39, 0.29) is 16.7 Å². The molecule has 0 radical (unpaired) electrons. The lowest BCUT2D eigenvalue weighted by Gasteiger charge is -2.12. The molecule has 1 aromatic heterocycles. The first-order valence-corrected chi connectivity index (χ1v) is 8.50. The Kier molecular flexibility index (Phi) is 5.98. The van der Waals surface area contributed by atoms with Crippen LogP contribution >= 0.6 is 11.8 Å². The molecular formula is C17H21N3O2S. The van der Waals surface area contributed by atoms with Gasteiger partial charge in [0, 0.05) is 17.4 Å². The Morgan fingerprint density at radius 2 is 2.04 bits per heavy atom. The zero-order chi connectivity index (χ0) is 16.8. The van der Waals surface area contributed by atoms with Gasteiger partial charge in [-0.2, -0.15) is 0 Å². The van der Waals surface area contributed by atoms with Crippen LogP contribution in [-0.4, -0.2) is 21.1 Å².